The largest absolute Gasteiger partial charge is 0.355 e. The van der Waals surface area contributed by atoms with Gasteiger partial charge in [0.1, 0.15) is 0 Å². The molecule has 0 aromatic heterocycles. The van der Waals surface area contributed by atoms with Gasteiger partial charge in [-0.15, -0.1) is 0 Å². The molecule has 2 aromatic carbocycles. The quantitative estimate of drug-likeness (QED) is 0.629. The van der Waals surface area contributed by atoms with E-state index in [0.717, 1.165) is 23.7 Å². The minimum absolute atomic E-state index is 0.632. The Bertz CT molecular complexity index is 894. The summed E-state index contributed by atoms with van der Waals surface area (Å²) in [6.07, 6.45) is 17.8. The molecule has 138 valence electrons. The third-order valence-corrected chi connectivity index (χ3v) is 8.04. The van der Waals surface area contributed by atoms with Gasteiger partial charge < -0.3 is 5.32 Å². The van der Waals surface area contributed by atoms with Gasteiger partial charge in [-0.25, -0.2) is 0 Å². The summed E-state index contributed by atoms with van der Waals surface area (Å²) in [5, 5.41) is 6.30. The van der Waals surface area contributed by atoms with Crippen LogP contribution in [0, 0.1) is 29.1 Å². The van der Waals surface area contributed by atoms with Crippen LogP contribution in [-0.2, 0) is 0 Å². The lowest BCUT2D eigenvalue weighted by atomic mass is 9.46. The van der Waals surface area contributed by atoms with Crippen LogP contribution in [0.3, 0.4) is 0 Å². The number of rotatable bonds is 3. The molecule has 7 rings (SSSR count). The van der Waals surface area contributed by atoms with Gasteiger partial charge in [0.15, 0.2) is 0 Å². The Morgan fingerprint density at radius 3 is 2.22 bits per heavy atom. The summed E-state index contributed by atoms with van der Waals surface area (Å²) in [5.74, 6) is 3.90. The van der Waals surface area contributed by atoms with E-state index >= 15 is 0 Å². The van der Waals surface area contributed by atoms with Crippen LogP contribution in [0.2, 0.25) is 0 Å². The molecule has 0 radical (unpaired) electrons. The van der Waals surface area contributed by atoms with Crippen LogP contribution in [0.15, 0.2) is 66.4 Å². The third kappa shape index (κ3) is 2.66. The first-order valence-electron chi connectivity index (χ1n) is 10.9. The van der Waals surface area contributed by atoms with Crippen LogP contribution in [0.1, 0.15) is 44.9 Å². The Morgan fingerprint density at radius 1 is 0.815 bits per heavy atom. The zero-order valence-corrected chi connectivity index (χ0v) is 16.0. The van der Waals surface area contributed by atoms with Gasteiger partial charge >= 0.3 is 0 Å². The van der Waals surface area contributed by atoms with Gasteiger partial charge in [-0.2, -0.15) is 0 Å². The highest BCUT2D eigenvalue weighted by molar-refractivity contribution is 5.94. The van der Waals surface area contributed by atoms with Crippen molar-refractivity contribution < 1.29 is 0 Å². The summed E-state index contributed by atoms with van der Waals surface area (Å²) in [7, 11) is 0. The zero-order valence-electron chi connectivity index (χ0n) is 16.0. The molecule has 1 atom stereocenters. The lowest BCUT2D eigenvalue weighted by Crippen LogP contribution is -2.49. The molecule has 1 heteroatoms. The first kappa shape index (κ1) is 16.0. The molecule has 1 unspecified atom stereocenters. The summed E-state index contributed by atoms with van der Waals surface area (Å²) < 4.78 is 0. The van der Waals surface area contributed by atoms with E-state index < -0.39 is 0 Å². The molecule has 27 heavy (non-hydrogen) atoms. The van der Waals surface area contributed by atoms with Crippen molar-refractivity contribution in [1.82, 2.24) is 0 Å². The third-order valence-electron chi connectivity index (χ3n) is 8.04. The van der Waals surface area contributed by atoms with E-state index in [1.54, 1.807) is 19.3 Å². The van der Waals surface area contributed by atoms with Gasteiger partial charge in [0.05, 0.1) is 0 Å². The number of fused-ring (bicyclic) bond motifs is 1. The summed E-state index contributed by atoms with van der Waals surface area (Å²) >= 11 is 0. The topological polar surface area (TPSA) is 12.0 Å². The molecule has 4 saturated carbocycles. The monoisotopic (exact) mass is 355 g/mol. The van der Waals surface area contributed by atoms with Crippen LogP contribution >= 0.6 is 0 Å². The minimum atomic E-state index is 0.632. The SMILES string of the molecule is C1=CC(C23CC4CC(CC(C4)C2)C3)CC=C1Nc1cccc2ccccc12. The van der Waals surface area contributed by atoms with Crippen molar-refractivity contribution in [3.05, 3.63) is 66.4 Å². The van der Waals surface area contributed by atoms with Gasteiger partial charge in [-0.3, -0.25) is 0 Å². The summed E-state index contributed by atoms with van der Waals surface area (Å²) in [5.41, 5.74) is 3.12. The molecule has 0 spiro atoms. The predicted molar refractivity (Wildman–Crippen MR) is 114 cm³/mol. The van der Waals surface area contributed by atoms with Crippen LogP contribution < -0.4 is 5.32 Å². The fraction of sp³-hybridized carbons (Fsp3) is 0.462. The molecular weight excluding hydrogens is 326 g/mol. The Balaban J connectivity index is 1.22. The van der Waals surface area contributed by atoms with Crippen molar-refractivity contribution >= 4 is 16.5 Å². The highest BCUT2D eigenvalue weighted by Gasteiger charge is 2.53. The van der Waals surface area contributed by atoms with Gasteiger partial charge in [0.25, 0.3) is 0 Å². The van der Waals surface area contributed by atoms with Gasteiger partial charge in [0, 0.05) is 16.8 Å². The molecule has 1 N–H and O–H groups in total. The van der Waals surface area contributed by atoms with Crippen LogP contribution in [0.25, 0.3) is 10.8 Å². The number of benzene rings is 2. The fourth-order valence-corrected chi connectivity index (χ4v) is 7.29. The Morgan fingerprint density at radius 2 is 1.52 bits per heavy atom. The normalized spacial score (nSPS) is 36.8. The first-order chi connectivity index (χ1) is 13.3. The number of hydrogen-bond donors (Lipinski definition) is 1. The van der Waals surface area contributed by atoms with Crippen molar-refractivity contribution in [1.29, 1.82) is 0 Å². The minimum Gasteiger partial charge on any atom is -0.355 e. The fourth-order valence-electron chi connectivity index (χ4n) is 7.29. The van der Waals surface area contributed by atoms with E-state index in [4.69, 9.17) is 0 Å². The lowest BCUT2D eigenvalue weighted by molar-refractivity contribution is -0.0760. The Kier molecular flexibility index (Phi) is 3.55. The molecule has 2 aromatic rings. The zero-order chi connectivity index (χ0) is 17.8. The van der Waals surface area contributed by atoms with E-state index in [0.29, 0.717) is 5.41 Å². The number of nitrogens with one attached hydrogen (secondary N) is 1. The van der Waals surface area contributed by atoms with Gasteiger partial charge in [0.2, 0.25) is 0 Å². The van der Waals surface area contributed by atoms with E-state index in [9.17, 15) is 0 Å². The van der Waals surface area contributed by atoms with Crippen LogP contribution in [0.4, 0.5) is 5.69 Å². The maximum atomic E-state index is 3.69. The van der Waals surface area contributed by atoms with E-state index in [-0.39, 0.29) is 0 Å². The molecule has 5 aliphatic carbocycles. The number of anilines is 1. The molecule has 0 aliphatic heterocycles. The Hall–Kier alpha value is -2.02. The average Bonchev–Trinajstić information content (AvgIpc) is 2.68. The molecule has 4 fully saturated rings. The molecule has 0 heterocycles. The second-order valence-electron chi connectivity index (χ2n) is 9.79. The highest BCUT2D eigenvalue weighted by Crippen LogP contribution is 2.63. The molecule has 4 bridgehead atoms. The first-order valence-corrected chi connectivity index (χ1v) is 10.9. The van der Waals surface area contributed by atoms with E-state index in [2.05, 4.69) is 66.0 Å². The summed E-state index contributed by atoms with van der Waals surface area (Å²) in [6, 6.07) is 15.2. The van der Waals surface area contributed by atoms with Crippen molar-refractivity contribution in [3.63, 3.8) is 0 Å². The molecule has 5 aliphatic rings. The molecular formula is C26H29N. The van der Waals surface area contributed by atoms with Gasteiger partial charge in [-0.05, 0) is 91.6 Å². The molecule has 0 amide bonds. The van der Waals surface area contributed by atoms with Crippen LogP contribution in [0.5, 0.6) is 0 Å². The summed E-state index contributed by atoms with van der Waals surface area (Å²) in [6.45, 7) is 0. The molecule has 1 nitrogen and oxygen atoms in total. The predicted octanol–water partition coefficient (Wildman–Crippen LogP) is 6.93. The number of allylic oxidation sites excluding steroid dienone is 3. The lowest BCUT2D eigenvalue weighted by Gasteiger charge is -2.59. The number of hydrogen-bond acceptors (Lipinski definition) is 1. The average molecular weight is 356 g/mol. The highest BCUT2D eigenvalue weighted by atomic mass is 14.9. The van der Waals surface area contributed by atoms with E-state index in [1.807, 2.05) is 0 Å². The van der Waals surface area contributed by atoms with Crippen molar-refractivity contribution in [3.8, 4) is 0 Å². The standard InChI is InChI=1S/C26H29N/c1-2-6-24-21(4-1)5-3-7-25(24)27-23-10-8-22(9-11-23)26-15-18-12-19(16-26)14-20(13-18)17-26/h1-8,10-11,18-20,22,27H,9,12-17H2. The summed E-state index contributed by atoms with van der Waals surface area (Å²) in [4.78, 5) is 0. The van der Waals surface area contributed by atoms with E-state index in [1.165, 1.54) is 47.8 Å². The van der Waals surface area contributed by atoms with Crippen molar-refractivity contribution in [2.75, 3.05) is 5.32 Å². The maximum absolute atomic E-state index is 3.69. The smallest absolute Gasteiger partial charge is 0.0463 e. The van der Waals surface area contributed by atoms with Crippen molar-refractivity contribution in [2.45, 2.75) is 44.9 Å². The molecule has 0 saturated heterocycles. The van der Waals surface area contributed by atoms with Crippen molar-refractivity contribution in [2.24, 2.45) is 29.1 Å². The second-order valence-corrected chi connectivity index (χ2v) is 9.79. The second kappa shape index (κ2) is 5.99. The van der Waals surface area contributed by atoms with Gasteiger partial charge in [-0.1, -0.05) is 48.6 Å². The van der Waals surface area contributed by atoms with Crippen LogP contribution in [-0.4, -0.2) is 0 Å². The Labute approximate surface area is 162 Å². The maximum Gasteiger partial charge on any atom is 0.0463 e.